The van der Waals surface area contributed by atoms with Crippen molar-refractivity contribution in [3.05, 3.63) is 33.8 Å². The first-order valence-corrected chi connectivity index (χ1v) is 7.54. The molecule has 21 heavy (non-hydrogen) atoms. The molecular formula is C15H17Cl2NO3. The third-order valence-electron chi connectivity index (χ3n) is 3.70. The van der Waals surface area contributed by atoms with E-state index in [1.165, 1.54) is 4.90 Å². The SMILES string of the molecule is CC(C)N(CC(=O)O)C(=O)C1CC1c1cccc(Cl)c1Cl. The molecule has 0 radical (unpaired) electrons. The Morgan fingerprint density at radius 1 is 1.38 bits per heavy atom. The second-order valence-electron chi connectivity index (χ2n) is 5.55. The minimum atomic E-state index is -1.00. The molecule has 1 aliphatic carbocycles. The highest BCUT2D eigenvalue weighted by Gasteiger charge is 2.47. The van der Waals surface area contributed by atoms with Crippen LogP contribution in [0, 0.1) is 5.92 Å². The predicted octanol–water partition coefficient (Wildman–Crippen LogP) is 3.42. The Morgan fingerprint density at radius 2 is 2.05 bits per heavy atom. The van der Waals surface area contributed by atoms with E-state index in [0.717, 1.165) is 5.56 Å². The largest absolute Gasteiger partial charge is 0.480 e. The zero-order valence-electron chi connectivity index (χ0n) is 11.8. The molecule has 2 atom stereocenters. The number of aliphatic carboxylic acids is 1. The Labute approximate surface area is 133 Å². The van der Waals surface area contributed by atoms with Crippen LogP contribution in [0.25, 0.3) is 0 Å². The van der Waals surface area contributed by atoms with Crippen LogP contribution < -0.4 is 0 Å². The molecule has 1 amide bonds. The molecular weight excluding hydrogens is 313 g/mol. The van der Waals surface area contributed by atoms with E-state index >= 15 is 0 Å². The molecule has 2 rings (SSSR count). The minimum absolute atomic E-state index is 0.0266. The quantitative estimate of drug-likeness (QED) is 0.900. The number of carboxylic acid groups (broad SMARTS) is 1. The van der Waals surface area contributed by atoms with Crippen molar-refractivity contribution in [2.75, 3.05) is 6.54 Å². The van der Waals surface area contributed by atoms with Crippen LogP contribution >= 0.6 is 23.2 Å². The van der Waals surface area contributed by atoms with Crippen LogP contribution in [0.1, 0.15) is 31.7 Å². The Kier molecular flexibility index (Phi) is 4.79. The Hall–Kier alpha value is -1.26. The highest BCUT2D eigenvalue weighted by Crippen LogP contribution is 2.51. The van der Waals surface area contributed by atoms with Crippen LogP contribution in [0.15, 0.2) is 18.2 Å². The van der Waals surface area contributed by atoms with Crippen LogP contribution in [0.5, 0.6) is 0 Å². The summed E-state index contributed by atoms with van der Waals surface area (Å²) in [6.07, 6.45) is 0.682. The molecule has 1 fully saturated rings. The lowest BCUT2D eigenvalue weighted by molar-refractivity contribution is -0.146. The highest BCUT2D eigenvalue weighted by atomic mass is 35.5. The number of nitrogens with zero attached hydrogens (tertiary/aromatic N) is 1. The summed E-state index contributed by atoms with van der Waals surface area (Å²) in [6.45, 7) is 3.35. The molecule has 2 unspecified atom stereocenters. The van der Waals surface area contributed by atoms with Crippen molar-refractivity contribution in [1.82, 2.24) is 4.90 Å². The minimum Gasteiger partial charge on any atom is -0.480 e. The van der Waals surface area contributed by atoms with Crippen molar-refractivity contribution in [3.8, 4) is 0 Å². The fraction of sp³-hybridized carbons (Fsp3) is 0.467. The lowest BCUT2D eigenvalue weighted by atomic mass is 10.1. The van der Waals surface area contributed by atoms with Crippen molar-refractivity contribution < 1.29 is 14.7 Å². The van der Waals surface area contributed by atoms with Gasteiger partial charge >= 0.3 is 5.97 Å². The second-order valence-corrected chi connectivity index (χ2v) is 6.33. The van der Waals surface area contributed by atoms with Gasteiger partial charge in [0.1, 0.15) is 6.54 Å². The van der Waals surface area contributed by atoms with Gasteiger partial charge in [-0.1, -0.05) is 35.3 Å². The maximum Gasteiger partial charge on any atom is 0.323 e. The number of amides is 1. The van der Waals surface area contributed by atoms with E-state index < -0.39 is 5.97 Å². The fourth-order valence-corrected chi connectivity index (χ4v) is 2.94. The molecule has 1 saturated carbocycles. The van der Waals surface area contributed by atoms with Crippen molar-refractivity contribution >= 4 is 35.1 Å². The number of halogens is 2. The molecule has 1 aromatic rings. The van der Waals surface area contributed by atoms with Crippen molar-refractivity contribution in [2.45, 2.75) is 32.2 Å². The van der Waals surface area contributed by atoms with Gasteiger partial charge in [-0.3, -0.25) is 9.59 Å². The predicted molar refractivity (Wildman–Crippen MR) is 81.8 cm³/mol. The maximum absolute atomic E-state index is 12.4. The molecule has 4 nitrogen and oxygen atoms in total. The van der Waals surface area contributed by atoms with Crippen LogP contribution in [0.4, 0.5) is 0 Å². The van der Waals surface area contributed by atoms with Gasteiger partial charge in [0, 0.05) is 12.0 Å². The topological polar surface area (TPSA) is 57.6 Å². The first-order valence-electron chi connectivity index (χ1n) is 6.79. The van der Waals surface area contributed by atoms with Crippen LogP contribution in [-0.4, -0.2) is 34.5 Å². The second kappa shape index (κ2) is 6.24. The molecule has 1 aliphatic rings. The zero-order valence-corrected chi connectivity index (χ0v) is 13.4. The van der Waals surface area contributed by atoms with Crippen LogP contribution in [0.2, 0.25) is 10.0 Å². The van der Waals surface area contributed by atoms with E-state index in [4.69, 9.17) is 28.3 Å². The van der Waals surface area contributed by atoms with Crippen molar-refractivity contribution in [3.63, 3.8) is 0 Å². The standard InChI is InChI=1S/C15H17Cl2NO3/c1-8(2)18(7-13(19)20)15(21)11-6-10(11)9-4-3-5-12(16)14(9)17/h3-5,8,10-11H,6-7H2,1-2H3,(H,19,20). The van der Waals surface area contributed by atoms with E-state index in [0.29, 0.717) is 16.5 Å². The van der Waals surface area contributed by atoms with E-state index in [2.05, 4.69) is 0 Å². The highest BCUT2D eigenvalue weighted by molar-refractivity contribution is 6.42. The lowest BCUT2D eigenvalue weighted by Gasteiger charge is -2.25. The first-order chi connectivity index (χ1) is 9.82. The number of hydrogen-bond donors (Lipinski definition) is 1. The number of benzene rings is 1. The summed E-state index contributed by atoms with van der Waals surface area (Å²) in [4.78, 5) is 24.7. The third-order valence-corrected chi connectivity index (χ3v) is 4.53. The molecule has 1 aromatic carbocycles. The number of carboxylic acids is 1. The third kappa shape index (κ3) is 3.50. The van der Waals surface area contributed by atoms with Gasteiger partial charge in [-0.15, -0.1) is 0 Å². The van der Waals surface area contributed by atoms with Gasteiger partial charge in [0.2, 0.25) is 5.91 Å². The van der Waals surface area contributed by atoms with Crippen molar-refractivity contribution in [2.24, 2.45) is 5.92 Å². The first kappa shape index (κ1) is 16.1. The molecule has 0 bridgehead atoms. The summed E-state index contributed by atoms with van der Waals surface area (Å²) < 4.78 is 0. The molecule has 1 N–H and O–H groups in total. The lowest BCUT2D eigenvalue weighted by Crippen LogP contribution is -2.41. The average molecular weight is 330 g/mol. The Bertz CT molecular complexity index is 574. The summed E-state index contributed by atoms with van der Waals surface area (Å²) in [5, 5.41) is 9.87. The van der Waals surface area contributed by atoms with E-state index in [9.17, 15) is 9.59 Å². The summed E-state index contributed by atoms with van der Waals surface area (Å²) in [5.41, 5.74) is 0.863. The van der Waals surface area contributed by atoms with Gasteiger partial charge < -0.3 is 10.0 Å². The monoisotopic (exact) mass is 329 g/mol. The van der Waals surface area contributed by atoms with Gasteiger partial charge in [0.05, 0.1) is 10.0 Å². The van der Waals surface area contributed by atoms with Gasteiger partial charge in [-0.05, 0) is 37.8 Å². The average Bonchev–Trinajstić information content (AvgIpc) is 3.18. The Morgan fingerprint density at radius 3 is 2.62 bits per heavy atom. The number of hydrogen-bond acceptors (Lipinski definition) is 2. The molecule has 6 heteroatoms. The van der Waals surface area contributed by atoms with Gasteiger partial charge in [0.15, 0.2) is 0 Å². The molecule has 0 aliphatic heterocycles. The molecule has 0 saturated heterocycles. The summed E-state index contributed by atoms with van der Waals surface area (Å²) >= 11 is 12.2. The van der Waals surface area contributed by atoms with Crippen molar-refractivity contribution in [1.29, 1.82) is 0 Å². The van der Waals surface area contributed by atoms with E-state index in [1.807, 2.05) is 19.9 Å². The van der Waals surface area contributed by atoms with Crippen LogP contribution in [-0.2, 0) is 9.59 Å². The molecule has 0 spiro atoms. The Balaban J connectivity index is 2.13. The van der Waals surface area contributed by atoms with E-state index in [1.54, 1.807) is 12.1 Å². The molecule has 0 heterocycles. The summed E-state index contributed by atoms with van der Waals surface area (Å²) in [5.74, 6) is -1.31. The number of rotatable bonds is 5. The summed E-state index contributed by atoms with van der Waals surface area (Å²) in [6, 6.07) is 5.23. The molecule has 0 aromatic heterocycles. The summed E-state index contributed by atoms with van der Waals surface area (Å²) in [7, 11) is 0. The van der Waals surface area contributed by atoms with E-state index in [-0.39, 0.29) is 30.3 Å². The number of carbonyl (C=O) groups excluding carboxylic acids is 1. The van der Waals surface area contributed by atoms with Crippen LogP contribution in [0.3, 0.4) is 0 Å². The normalized spacial score (nSPS) is 20.4. The van der Waals surface area contributed by atoms with Gasteiger partial charge in [0.25, 0.3) is 0 Å². The maximum atomic E-state index is 12.4. The zero-order chi connectivity index (χ0) is 15.7. The smallest absolute Gasteiger partial charge is 0.323 e. The van der Waals surface area contributed by atoms with Gasteiger partial charge in [-0.2, -0.15) is 0 Å². The van der Waals surface area contributed by atoms with Gasteiger partial charge in [-0.25, -0.2) is 0 Å². The molecule has 114 valence electrons. The number of carbonyl (C=O) groups is 2. The fourth-order valence-electron chi connectivity index (χ4n) is 2.49.